The fourth-order valence-electron chi connectivity index (χ4n) is 1.96. The number of unbranched alkanes of at least 4 members (excludes halogenated alkanes) is 1. The summed E-state index contributed by atoms with van der Waals surface area (Å²) in [4.78, 5) is 9.11. The second-order valence-electron chi connectivity index (χ2n) is 5.09. The van der Waals surface area contributed by atoms with Crippen LogP contribution in [0, 0.1) is 6.92 Å². The Morgan fingerprint density at radius 1 is 0.952 bits per heavy atom. The van der Waals surface area contributed by atoms with E-state index in [4.69, 9.17) is 4.74 Å². The third kappa shape index (κ3) is 6.29. The second kappa shape index (κ2) is 10.4. The van der Waals surface area contributed by atoms with E-state index in [2.05, 4.69) is 48.3 Å². The lowest BCUT2D eigenvalue weighted by molar-refractivity contribution is 0.131. The molecule has 120 valence electrons. The van der Waals surface area contributed by atoms with Crippen molar-refractivity contribution in [2.75, 3.05) is 36.9 Å². The molecule has 0 unspecified atom stereocenters. The van der Waals surface area contributed by atoms with Crippen LogP contribution in [0.3, 0.4) is 0 Å². The third-order valence-corrected chi connectivity index (χ3v) is 3.25. The van der Waals surface area contributed by atoms with Crippen LogP contribution in [-0.4, -0.2) is 36.3 Å². The Hall–Kier alpha value is -1.36. The molecule has 21 heavy (non-hydrogen) atoms. The Morgan fingerprint density at radius 3 is 2.24 bits per heavy atom. The molecule has 1 aromatic rings. The summed E-state index contributed by atoms with van der Waals surface area (Å²) in [5, 5.41) is 6.71. The van der Waals surface area contributed by atoms with E-state index in [1.807, 2.05) is 0 Å². The van der Waals surface area contributed by atoms with Crippen molar-refractivity contribution in [3.8, 4) is 0 Å². The van der Waals surface area contributed by atoms with Crippen molar-refractivity contribution < 1.29 is 4.74 Å². The van der Waals surface area contributed by atoms with Gasteiger partial charge >= 0.3 is 0 Å². The summed E-state index contributed by atoms with van der Waals surface area (Å²) in [7, 11) is 0. The molecule has 0 saturated carbocycles. The van der Waals surface area contributed by atoms with E-state index in [0.29, 0.717) is 0 Å². The Morgan fingerprint density at radius 2 is 1.62 bits per heavy atom. The van der Waals surface area contributed by atoms with Crippen molar-refractivity contribution in [2.24, 2.45) is 0 Å². The van der Waals surface area contributed by atoms with Crippen molar-refractivity contribution in [2.45, 2.75) is 53.4 Å². The maximum Gasteiger partial charge on any atom is 0.134 e. The van der Waals surface area contributed by atoms with Crippen LogP contribution in [-0.2, 0) is 11.2 Å². The summed E-state index contributed by atoms with van der Waals surface area (Å²) < 4.78 is 5.56. The summed E-state index contributed by atoms with van der Waals surface area (Å²) in [5.41, 5.74) is 1.08. The zero-order chi connectivity index (χ0) is 15.5. The molecule has 0 amide bonds. The Balaban J connectivity index is 2.48. The molecule has 1 heterocycles. The van der Waals surface area contributed by atoms with Gasteiger partial charge in [-0.25, -0.2) is 9.97 Å². The summed E-state index contributed by atoms with van der Waals surface area (Å²) in [5.74, 6) is 2.75. The van der Waals surface area contributed by atoms with Crippen LogP contribution in [0.5, 0.6) is 0 Å². The molecule has 0 aliphatic carbocycles. The molecule has 0 radical (unpaired) electrons. The number of aryl methyl sites for hydroxylation is 1. The summed E-state index contributed by atoms with van der Waals surface area (Å²) >= 11 is 0. The first kappa shape index (κ1) is 17.7. The number of aromatic nitrogens is 2. The van der Waals surface area contributed by atoms with Crippen LogP contribution in [0.1, 0.15) is 51.4 Å². The van der Waals surface area contributed by atoms with E-state index in [-0.39, 0.29) is 0 Å². The fraction of sp³-hybridized carbons (Fsp3) is 0.750. The van der Waals surface area contributed by atoms with Gasteiger partial charge in [-0.1, -0.05) is 20.3 Å². The fourth-order valence-corrected chi connectivity index (χ4v) is 1.96. The van der Waals surface area contributed by atoms with E-state index in [1.54, 1.807) is 0 Å². The molecule has 0 spiro atoms. The lowest BCUT2D eigenvalue weighted by Gasteiger charge is -2.14. The molecule has 0 saturated heterocycles. The molecule has 1 rings (SSSR count). The molecule has 0 fully saturated rings. The van der Waals surface area contributed by atoms with Crippen LogP contribution in [0.2, 0.25) is 0 Å². The molecular weight excluding hydrogens is 264 g/mol. The predicted molar refractivity (Wildman–Crippen MR) is 89.1 cm³/mol. The minimum atomic E-state index is 0.803. The van der Waals surface area contributed by atoms with Crippen molar-refractivity contribution in [3.63, 3.8) is 0 Å². The molecular formula is C16H30N4O. The number of nitrogens with zero attached hydrogens (tertiary/aromatic N) is 2. The van der Waals surface area contributed by atoms with E-state index in [9.17, 15) is 0 Å². The predicted octanol–water partition coefficient (Wildman–Crippen LogP) is 3.40. The Labute approximate surface area is 128 Å². The highest BCUT2D eigenvalue weighted by atomic mass is 16.5. The van der Waals surface area contributed by atoms with Gasteiger partial charge in [0.15, 0.2) is 0 Å². The van der Waals surface area contributed by atoms with Gasteiger partial charge in [0, 0.05) is 38.3 Å². The molecule has 5 nitrogen and oxygen atoms in total. The third-order valence-electron chi connectivity index (χ3n) is 3.25. The number of anilines is 2. The second-order valence-corrected chi connectivity index (χ2v) is 5.09. The van der Waals surface area contributed by atoms with Gasteiger partial charge in [0.1, 0.15) is 17.5 Å². The first-order valence-electron chi connectivity index (χ1n) is 8.15. The highest BCUT2D eigenvalue weighted by molar-refractivity contribution is 5.57. The number of hydrogen-bond donors (Lipinski definition) is 2. The van der Waals surface area contributed by atoms with Crippen molar-refractivity contribution in [3.05, 3.63) is 11.4 Å². The molecule has 0 aliphatic heterocycles. The SMILES string of the molecule is CCCCOCCCNc1nc(CC)nc(NCC)c1C. The van der Waals surface area contributed by atoms with Crippen LogP contribution in [0.15, 0.2) is 0 Å². The minimum absolute atomic E-state index is 0.803. The Kier molecular flexibility index (Phi) is 8.74. The highest BCUT2D eigenvalue weighted by Crippen LogP contribution is 2.20. The van der Waals surface area contributed by atoms with Gasteiger partial charge < -0.3 is 15.4 Å². The number of nitrogens with one attached hydrogen (secondary N) is 2. The first-order valence-corrected chi connectivity index (χ1v) is 8.15. The summed E-state index contributed by atoms with van der Waals surface area (Å²) in [6.07, 6.45) is 4.16. The van der Waals surface area contributed by atoms with Crippen LogP contribution in [0.25, 0.3) is 0 Å². The summed E-state index contributed by atoms with van der Waals surface area (Å²) in [6, 6.07) is 0. The van der Waals surface area contributed by atoms with Crippen molar-refractivity contribution >= 4 is 11.6 Å². The number of ether oxygens (including phenoxy) is 1. The maximum absolute atomic E-state index is 5.56. The Bertz CT molecular complexity index is 410. The molecule has 2 N–H and O–H groups in total. The topological polar surface area (TPSA) is 59.1 Å². The van der Waals surface area contributed by atoms with E-state index < -0.39 is 0 Å². The molecule has 1 aromatic heterocycles. The largest absolute Gasteiger partial charge is 0.381 e. The van der Waals surface area contributed by atoms with Crippen molar-refractivity contribution in [1.29, 1.82) is 0 Å². The molecule has 0 bridgehead atoms. The minimum Gasteiger partial charge on any atom is -0.381 e. The van der Waals surface area contributed by atoms with Gasteiger partial charge in [-0.15, -0.1) is 0 Å². The smallest absolute Gasteiger partial charge is 0.134 e. The molecule has 0 aromatic carbocycles. The van der Waals surface area contributed by atoms with Gasteiger partial charge in [0.2, 0.25) is 0 Å². The monoisotopic (exact) mass is 294 g/mol. The average molecular weight is 294 g/mol. The van der Waals surface area contributed by atoms with E-state index in [1.165, 1.54) is 6.42 Å². The number of hydrogen-bond acceptors (Lipinski definition) is 5. The van der Waals surface area contributed by atoms with Gasteiger partial charge in [-0.2, -0.15) is 0 Å². The van der Waals surface area contributed by atoms with Gasteiger partial charge in [-0.3, -0.25) is 0 Å². The standard InChI is InChI=1S/C16H30N4O/c1-5-8-11-21-12-9-10-18-16-13(4)15(17-7-3)19-14(6-2)20-16/h5-12H2,1-4H3,(H2,17,18,19,20). The zero-order valence-electron chi connectivity index (χ0n) is 14.0. The van der Waals surface area contributed by atoms with Crippen molar-refractivity contribution in [1.82, 2.24) is 9.97 Å². The quantitative estimate of drug-likeness (QED) is 0.613. The highest BCUT2D eigenvalue weighted by Gasteiger charge is 2.09. The van der Waals surface area contributed by atoms with Crippen LogP contribution >= 0.6 is 0 Å². The normalized spacial score (nSPS) is 10.7. The molecule has 5 heteroatoms. The van der Waals surface area contributed by atoms with Crippen LogP contribution < -0.4 is 10.6 Å². The van der Waals surface area contributed by atoms with Gasteiger partial charge in [-0.05, 0) is 26.7 Å². The zero-order valence-corrected chi connectivity index (χ0v) is 14.0. The maximum atomic E-state index is 5.56. The lowest BCUT2D eigenvalue weighted by atomic mass is 10.2. The van der Waals surface area contributed by atoms with Crippen LogP contribution in [0.4, 0.5) is 11.6 Å². The van der Waals surface area contributed by atoms with E-state index >= 15 is 0 Å². The molecule has 0 atom stereocenters. The lowest BCUT2D eigenvalue weighted by Crippen LogP contribution is -2.13. The average Bonchev–Trinajstić information content (AvgIpc) is 2.49. The number of rotatable bonds is 11. The van der Waals surface area contributed by atoms with E-state index in [0.717, 1.165) is 68.6 Å². The molecule has 0 aliphatic rings. The summed E-state index contributed by atoms with van der Waals surface area (Å²) in [6.45, 7) is 11.8. The van der Waals surface area contributed by atoms with Gasteiger partial charge in [0.05, 0.1) is 0 Å². The van der Waals surface area contributed by atoms with Gasteiger partial charge in [0.25, 0.3) is 0 Å². The first-order chi connectivity index (χ1) is 10.2.